The molecule has 98 valence electrons. The summed E-state index contributed by atoms with van der Waals surface area (Å²) < 4.78 is 0.992. The van der Waals surface area contributed by atoms with Crippen LogP contribution in [0.1, 0.15) is 21.7 Å². The van der Waals surface area contributed by atoms with Crippen LogP contribution < -0.4 is 5.32 Å². The van der Waals surface area contributed by atoms with Gasteiger partial charge in [-0.2, -0.15) is 0 Å². The molecule has 0 aliphatic rings. The van der Waals surface area contributed by atoms with E-state index in [4.69, 9.17) is 11.6 Å². The monoisotopic (exact) mass is 339 g/mol. The van der Waals surface area contributed by atoms with E-state index in [1.807, 2.05) is 25.1 Å². The number of benzene rings is 1. The molecule has 0 saturated heterocycles. The number of amides is 1. The lowest BCUT2D eigenvalue weighted by Crippen LogP contribution is -2.14. The number of carbonyl (C=O) groups excluding carboxylic acids is 1. The van der Waals surface area contributed by atoms with E-state index in [0.717, 1.165) is 10.0 Å². The molecule has 0 unspecified atom stereocenters. The predicted molar refractivity (Wildman–Crippen MR) is 78.6 cm³/mol. The first-order valence-electron chi connectivity index (χ1n) is 5.54. The van der Waals surface area contributed by atoms with Gasteiger partial charge in [0, 0.05) is 15.9 Å². The van der Waals surface area contributed by atoms with Crippen molar-refractivity contribution in [2.24, 2.45) is 0 Å². The molecule has 1 heterocycles. The number of hydrogen-bond acceptors (Lipinski definition) is 3. The van der Waals surface area contributed by atoms with E-state index >= 15 is 0 Å². The van der Waals surface area contributed by atoms with Gasteiger partial charge in [-0.3, -0.25) is 4.79 Å². The van der Waals surface area contributed by atoms with Crippen molar-refractivity contribution < 1.29 is 4.79 Å². The van der Waals surface area contributed by atoms with Gasteiger partial charge in [-0.1, -0.05) is 15.9 Å². The number of hydrogen-bond donors (Lipinski definition) is 1. The van der Waals surface area contributed by atoms with Crippen molar-refractivity contribution in [3.63, 3.8) is 0 Å². The Morgan fingerprint density at radius 3 is 2.63 bits per heavy atom. The second-order valence-electron chi connectivity index (χ2n) is 4.08. The standard InChI is InChI=1S/C13H11BrClN3O/c1-7-5-9(3-4-10(7)14)17-12(19)11-6-8(2)16-13(15)18-11/h3-6H,1-2H3,(H,17,19). The largest absolute Gasteiger partial charge is 0.321 e. The van der Waals surface area contributed by atoms with E-state index in [1.54, 1.807) is 13.0 Å². The lowest BCUT2D eigenvalue weighted by Gasteiger charge is -2.07. The molecule has 0 spiro atoms. The van der Waals surface area contributed by atoms with Gasteiger partial charge in [0.25, 0.3) is 5.91 Å². The lowest BCUT2D eigenvalue weighted by atomic mass is 10.2. The highest BCUT2D eigenvalue weighted by Crippen LogP contribution is 2.20. The minimum Gasteiger partial charge on any atom is -0.321 e. The molecule has 0 bridgehead atoms. The van der Waals surface area contributed by atoms with Crippen LogP contribution in [0.25, 0.3) is 0 Å². The summed E-state index contributed by atoms with van der Waals surface area (Å²) in [6.07, 6.45) is 0. The van der Waals surface area contributed by atoms with Crippen LogP contribution in [0.3, 0.4) is 0 Å². The van der Waals surface area contributed by atoms with Gasteiger partial charge in [-0.15, -0.1) is 0 Å². The number of anilines is 1. The first-order chi connectivity index (χ1) is 8.95. The minimum atomic E-state index is -0.311. The zero-order valence-electron chi connectivity index (χ0n) is 10.4. The Morgan fingerprint density at radius 2 is 2.00 bits per heavy atom. The Morgan fingerprint density at radius 1 is 1.26 bits per heavy atom. The Bertz CT molecular complexity index is 626. The molecule has 0 fully saturated rings. The molecule has 0 atom stereocenters. The molecule has 0 saturated carbocycles. The molecule has 19 heavy (non-hydrogen) atoms. The number of aryl methyl sites for hydroxylation is 2. The third-order valence-electron chi connectivity index (χ3n) is 2.48. The van der Waals surface area contributed by atoms with Crippen molar-refractivity contribution in [3.05, 3.63) is 51.0 Å². The van der Waals surface area contributed by atoms with Crippen LogP contribution >= 0.6 is 27.5 Å². The number of aromatic nitrogens is 2. The van der Waals surface area contributed by atoms with Gasteiger partial charge in [0.05, 0.1) is 0 Å². The minimum absolute atomic E-state index is 0.0668. The van der Waals surface area contributed by atoms with Crippen LogP contribution in [0, 0.1) is 13.8 Å². The Labute approximate surface area is 124 Å². The molecular weight excluding hydrogens is 330 g/mol. The summed E-state index contributed by atoms with van der Waals surface area (Å²) in [6.45, 7) is 3.71. The summed E-state index contributed by atoms with van der Waals surface area (Å²) in [5.74, 6) is -0.311. The molecule has 2 aromatic rings. The maximum absolute atomic E-state index is 12.0. The van der Waals surface area contributed by atoms with E-state index in [1.165, 1.54) is 0 Å². The summed E-state index contributed by atoms with van der Waals surface area (Å²) >= 11 is 9.14. The van der Waals surface area contributed by atoms with Gasteiger partial charge in [0.15, 0.2) is 0 Å². The molecule has 1 N–H and O–H groups in total. The summed E-state index contributed by atoms with van der Waals surface area (Å²) in [4.78, 5) is 19.9. The van der Waals surface area contributed by atoms with Crippen LogP contribution in [-0.2, 0) is 0 Å². The smallest absolute Gasteiger partial charge is 0.274 e. The summed E-state index contributed by atoms with van der Waals surface area (Å²) in [5, 5.41) is 2.84. The Hall–Kier alpha value is -1.46. The van der Waals surface area contributed by atoms with Crippen molar-refractivity contribution in [2.75, 3.05) is 5.32 Å². The van der Waals surface area contributed by atoms with E-state index in [0.29, 0.717) is 11.4 Å². The fourth-order valence-electron chi connectivity index (χ4n) is 1.57. The second-order valence-corrected chi connectivity index (χ2v) is 5.27. The van der Waals surface area contributed by atoms with E-state index in [-0.39, 0.29) is 16.9 Å². The van der Waals surface area contributed by atoms with Crippen molar-refractivity contribution in [1.82, 2.24) is 9.97 Å². The molecule has 1 aromatic heterocycles. The van der Waals surface area contributed by atoms with Crippen molar-refractivity contribution in [2.45, 2.75) is 13.8 Å². The van der Waals surface area contributed by atoms with E-state index < -0.39 is 0 Å². The number of carbonyl (C=O) groups is 1. The number of nitrogens with zero attached hydrogens (tertiary/aromatic N) is 2. The lowest BCUT2D eigenvalue weighted by molar-refractivity contribution is 0.102. The van der Waals surface area contributed by atoms with E-state index in [2.05, 4.69) is 31.2 Å². The Balaban J connectivity index is 2.22. The molecule has 6 heteroatoms. The maximum atomic E-state index is 12.0. The molecule has 1 aromatic carbocycles. The number of rotatable bonds is 2. The zero-order valence-corrected chi connectivity index (χ0v) is 12.7. The highest BCUT2D eigenvalue weighted by atomic mass is 79.9. The van der Waals surface area contributed by atoms with Crippen molar-refractivity contribution >= 4 is 39.1 Å². The summed E-state index contributed by atoms with van der Waals surface area (Å²) in [7, 11) is 0. The van der Waals surface area contributed by atoms with Crippen LogP contribution in [-0.4, -0.2) is 15.9 Å². The van der Waals surface area contributed by atoms with Gasteiger partial charge in [-0.25, -0.2) is 9.97 Å². The van der Waals surface area contributed by atoms with Gasteiger partial charge >= 0.3 is 0 Å². The molecule has 1 amide bonds. The molecule has 2 rings (SSSR count). The van der Waals surface area contributed by atoms with Gasteiger partial charge in [0.1, 0.15) is 5.69 Å². The van der Waals surface area contributed by atoms with Crippen LogP contribution in [0.15, 0.2) is 28.7 Å². The molecule has 4 nitrogen and oxygen atoms in total. The fraction of sp³-hybridized carbons (Fsp3) is 0.154. The third-order valence-corrected chi connectivity index (χ3v) is 3.53. The average Bonchev–Trinajstić information content (AvgIpc) is 2.32. The van der Waals surface area contributed by atoms with Crippen molar-refractivity contribution in [3.8, 4) is 0 Å². The molecule has 0 aliphatic carbocycles. The number of halogens is 2. The molecule has 0 radical (unpaired) electrons. The van der Waals surface area contributed by atoms with Crippen LogP contribution in [0.5, 0.6) is 0 Å². The Kier molecular flexibility index (Phi) is 4.17. The molecule has 0 aliphatic heterocycles. The van der Waals surface area contributed by atoms with Gasteiger partial charge in [-0.05, 0) is 55.3 Å². The van der Waals surface area contributed by atoms with E-state index in [9.17, 15) is 4.79 Å². The highest BCUT2D eigenvalue weighted by molar-refractivity contribution is 9.10. The average molecular weight is 341 g/mol. The first kappa shape index (κ1) is 14.0. The van der Waals surface area contributed by atoms with Crippen LogP contribution in [0.2, 0.25) is 5.28 Å². The van der Waals surface area contributed by atoms with Gasteiger partial charge in [0.2, 0.25) is 5.28 Å². The quantitative estimate of drug-likeness (QED) is 0.847. The fourth-order valence-corrected chi connectivity index (χ4v) is 2.04. The summed E-state index contributed by atoms with van der Waals surface area (Å²) in [5.41, 5.74) is 2.64. The highest BCUT2D eigenvalue weighted by Gasteiger charge is 2.10. The second kappa shape index (κ2) is 5.67. The SMILES string of the molecule is Cc1cc(C(=O)Nc2ccc(Br)c(C)c2)nc(Cl)n1. The summed E-state index contributed by atoms with van der Waals surface area (Å²) in [6, 6.07) is 7.15. The topological polar surface area (TPSA) is 54.9 Å². The molecular formula is C13H11BrClN3O. The van der Waals surface area contributed by atoms with Crippen LogP contribution in [0.4, 0.5) is 5.69 Å². The maximum Gasteiger partial charge on any atom is 0.274 e. The predicted octanol–water partition coefficient (Wildman–Crippen LogP) is 3.76. The normalized spacial score (nSPS) is 10.3. The zero-order chi connectivity index (χ0) is 14.0. The third kappa shape index (κ3) is 3.52. The van der Waals surface area contributed by atoms with Gasteiger partial charge < -0.3 is 5.32 Å². The number of nitrogens with one attached hydrogen (secondary N) is 1. The first-order valence-corrected chi connectivity index (χ1v) is 6.71. The van der Waals surface area contributed by atoms with Crippen molar-refractivity contribution in [1.29, 1.82) is 0 Å².